The van der Waals surface area contributed by atoms with Crippen LogP contribution < -0.4 is 4.74 Å². The van der Waals surface area contributed by atoms with Gasteiger partial charge in [-0.3, -0.25) is 14.6 Å². The average molecular weight is 541 g/mol. The molecule has 0 amide bonds. The average Bonchev–Trinajstić information content (AvgIpc) is 3.29. The van der Waals surface area contributed by atoms with E-state index in [-0.39, 0.29) is 40.5 Å². The maximum Gasteiger partial charge on any atom is 0.186 e. The van der Waals surface area contributed by atoms with Gasteiger partial charge in [-0.2, -0.15) is 0 Å². The molecular formula is C33H36N2O5. The Hall–Kier alpha value is -4.13. The number of rotatable bonds is 6. The molecule has 0 fully saturated rings. The van der Waals surface area contributed by atoms with E-state index in [4.69, 9.17) is 9.73 Å². The van der Waals surface area contributed by atoms with Crippen molar-refractivity contribution in [2.75, 3.05) is 13.7 Å². The quantitative estimate of drug-likeness (QED) is 0.255. The lowest BCUT2D eigenvalue weighted by atomic mass is 9.72. The highest BCUT2D eigenvalue weighted by Crippen LogP contribution is 2.47. The number of fused-ring (bicyclic) bond motifs is 3. The van der Waals surface area contributed by atoms with Gasteiger partial charge in [-0.15, -0.1) is 0 Å². The fourth-order valence-corrected chi connectivity index (χ4v) is 6.00. The second-order valence-electron chi connectivity index (χ2n) is 11.4. The molecule has 1 aliphatic heterocycles. The lowest BCUT2D eigenvalue weighted by molar-refractivity contribution is -0.116. The summed E-state index contributed by atoms with van der Waals surface area (Å²) in [5, 5.41) is 23.8. The number of nitrogens with zero attached hydrogens (tertiary/aromatic N) is 1. The molecule has 7 nitrogen and oxygen atoms in total. The number of Topliss-reactive ketones (excluding diaryl/α,β-unsaturated/α-hetero) is 1. The minimum absolute atomic E-state index is 0.00380. The van der Waals surface area contributed by atoms with Crippen LogP contribution in [0.15, 0.2) is 52.1 Å². The molecule has 1 aliphatic carbocycles. The second kappa shape index (κ2) is 10.1. The van der Waals surface area contributed by atoms with E-state index in [0.717, 1.165) is 22.2 Å². The molecule has 2 heterocycles. The summed E-state index contributed by atoms with van der Waals surface area (Å²) in [4.78, 5) is 35.9. The van der Waals surface area contributed by atoms with E-state index in [9.17, 15) is 19.8 Å². The standard InChI is InChI=1S/C33H36N2O5/c1-15(2)22-13-25(36)17(5)27(32(22)38)29(28-18(6)26(37)14-23(16(3)4)33(28)39)31-30-21(10-11-34-31)20-9-8-19(40-7)12-24(20)35-30/h8-9,12-16,29,35-36,38H,10-11H2,1-7H3. The van der Waals surface area contributed by atoms with Gasteiger partial charge in [-0.1, -0.05) is 27.7 Å². The predicted molar refractivity (Wildman–Crippen MR) is 157 cm³/mol. The first-order valence-corrected chi connectivity index (χ1v) is 13.8. The van der Waals surface area contributed by atoms with Gasteiger partial charge >= 0.3 is 0 Å². The molecule has 7 heteroatoms. The van der Waals surface area contributed by atoms with Crippen LogP contribution >= 0.6 is 0 Å². The molecule has 0 saturated heterocycles. The van der Waals surface area contributed by atoms with Crippen molar-refractivity contribution in [3.05, 3.63) is 75.0 Å². The lowest BCUT2D eigenvalue weighted by Crippen LogP contribution is -2.31. The molecular weight excluding hydrogens is 504 g/mol. The van der Waals surface area contributed by atoms with E-state index < -0.39 is 5.92 Å². The zero-order valence-electron chi connectivity index (χ0n) is 24.1. The van der Waals surface area contributed by atoms with Crippen LogP contribution in [0.3, 0.4) is 0 Å². The number of ketones is 2. The van der Waals surface area contributed by atoms with Crippen LogP contribution in [-0.4, -0.2) is 46.1 Å². The van der Waals surface area contributed by atoms with Crippen molar-refractivity contribution < 1.29 is 24.5 Å². The SMILES string of the molecule is COc1ccc2c3c([nH]c2c1)C(C(C1=C(C)C(=O)C=C(C(C)C)C1=O)c1c(C)c(O)cc(C(C)C)c1O)=NCC3. The molecule has 0 saturated carbocycles. The van der Waals surface area contributed by atoms with Crippen molar-refractivity contribution in [1.29, 1.82) is 0 Å². The number of hydrogen-bond donors (Lipinski definition) is 3. The number of phenolic OH excluding ortho intramolecular Hbond substituents is 2. The van der Waals surface area contributed by atoms with Crippen molar-refractivity contribution in [3.8, 4) is 17.2 Å². The van der Waals surface area contributed by atoms with E-state index in [1.54, 1.807) is 27.0 Å². The Balaban J connectivity index is 1.85. The molecule has 3 aromatic rings. The number of aromatic amines is 1. The monoisotopic (exact) mass is 540 g/mol. The lowest BCUT2D eigenvalue weighted by Gasteiger charge is -2.31. The number of carbonyl (C=O) groups is 2. The number of ether oxygens (including phenoxy) is 1. The van der Waals surface area contributed by atoms with E-state index in [0.29, 0.717) is 52.3 Å². The summed E-state index contributed by atoms with van der Waals surface area (Å²) < 4.78 is 5.44. The zero-order chi connectivity index (χ0) is 29.0. The summed E-state index contributed by atoms with van der Waals surface area (Å²) in [5.74, 6) is -0.883. The normalized spacial score (nSPS) is 16.5. The van der Waals surface area contributed by atoms with Crippen molar-refractivity contribution >= 4 is 28.2 Å². The van der Waals surface area contributed by atoms with E-state index >= 15 is 0 Å². The molecule has 0 bridgehead atoms. The van der Waals surface area contributed by atoms with Crippen molar-refractivity contribution in [3.63, 3.8) is 0 Å². The number of aromatic nitrogens is 1. The first-order chi connectivity index (χ1) is 19.0. The molecule has 1 aromatic heterocycles. The van der Waals surface area contributed by atoms with E-state index in [2.05, 4.69) is 4.98 Å². The summed E-state index contributed by atoms with van der Waals surface area (Å²) in [5.41, 5.74) is 5.69. The van der Waals surface area contributed by atoms with Crippen molar-refractivity contribution in [1.82, 2.24) is 4.98 Å². The number of aromatic hydroxyl groups is 2. The van der Waals surface area contributed by atoms with Crippen LogP contribution in [0.25, 0.3) is 10.9 Å². The van der Waals surface area contributed by atoms with Gasteiger partial charge in [0.15, 0.2) is 11.6 Å². The number of aliphatic imine (C=N–C) groups is 1. The van der Waals surface area contributed by atoms with Gasteiger partial charge < -0.3 is 19.9 Å². The van der Waals surface area contributed by atoms with Crippen LogP contribution in [0.2, 0.25) is 0 Å². The van der Waals surface area contributed by atoms with E-state index in [1.165, 1.54) is 6.08 Å². The minimum Gasteiger partial charge on any atom is -0.508 e. The highest BCUT2D eigenvalue weighted by Gasteiger charge is 2.41. The number of phenols is 2. The zero-order valence-corrected chi connectivity index (χ0v) is 24.1. The minimum atomic E-state index is -0.877. The highest BCUT2D eigenvalue weighted by atomic mass is 16.5. The third kappa shape index (κ3) is 4.24. The number of allylic oxidation sites excluding steroid dienone is 4. The predicted octanol–water partition coefficient (Wildman–Crippen LogP) is 6.20. The molecule has 40 heavy (non-hydrogen) atoms. The molecule has 2 aliphatic rings. The molecule has 0 radical (unpaired) electrons. The molecule has 1 unspecified atom stereocenters. The highest BCUT2D eigenvalue weighted by molar-refractivity contribution is 6.27. The third-order valence-electron chi connectivity index (χ3n) is 8.28. The third-order valence-corrected chi connectivity index (χ3v) is 8.28. The van der Waals surface area contributed by atoms with Crippen LogP contribution in [0.4, 0.5) is 0 Å². The molecule has 5 rings (SSSR count). The number of benzene rings is 2. The van der Waals surface area contributed by atoms with Crippen LogP contribution in [0, 0.1) is 12.8 Å². The Morgan fingerprint density at radius 3 is 2.40 bits per heavy atom. The number of nitrogens with one attached hydrogen (secondary N) is 1. The second-order valence-corrected chi connectivity index (χ2v) is 11.4. The number of hydrogen-bond acceptors (Lipinski definition) is 6. The molecule has 0 spiro atoms. The van der Waals surface area contributed by atoms with Gasteiger partial charge in [0.1, 0.15) is 17.2 Å². The fourth-order valence-electron chi connectivity index (χ4n) is 6.00. The van der Waals surface area contributed by atoms with Crippen LogP contribution in [-0.2, 0) is 16.0 Å². The maximum absolute atomic E-state index is 14.2. The molecule has 3 N–H and O–H groups in total. The van der Waals surface area contributed by atoms with Gasteiger partial charge in [0.2, 0.25) is 0 Å². The number of methoxy groups -OCH3 is 1. The Bertz CT molecular complexity index is 1670. The smallest absolute Gasteiger partial charge is 0.186 e. The van der Waals surface area contributed by atoms with Gasteiger partial charge in [-0.25, -0.2) is 0 Å². The summed E-state index contributed by atoms with van der Waals surface area (Å²) in [6.07, 6.45) is 2.13. The molecule has 208 valence electrons. The van der Waals surface area contributed by atoms with Gasteiger partial charge in [0, 0.05) is 51.4 Å². The van der Waals surface area contributed by atoms with E-state index in [1.807, 2.05) is 45.9 Å². The van der Waals surface area contributed by atoms with Gasteiger partial charge in [-0.05, 0) is 67.5 Å². The Morgan fingerprint density at radius 1 is 1.02 bits per heavy atom. The number of carbonyl (C=O) groups excluding carboxylic acids is 2. The van der Waals surface area contributed by atoms with Crippen molar-refractivity contribution in [2.45, 2.75) is 59.8 Å². The molecule has 1 atom stereocenters. The summed E-state index contributed by atoms with van der Waals surface area (Å²) in [7, 11) is 1.62. The summed E-state index contributed by atoms with van der Waals surface area (Å²) >= 11 is 0. The van der Waals surface area contributed by atoms with Crippen LogP contribution in [0.1, 0.15) is 74.4 Å². The summed E-state index contributed by atoms with van der Waals surface area (Å²) in [6.45, 7) is 11.5. The van der Waals surface area contributed by atoms with Gasteiger partial charge in [0.25, 0.3) is 0 Å². The first kappa shape index (κ1) is 27.4. The largest absolute Gasteiger partial charge is 0.508 e. The summed E-state index contributed by atoms with van der Waals surface area (Å²) in [6, 6.07) is 7.42. The number of H-pyrrole nitrogens is 1. The Kier molecular flexibility index (Phi) is 6.94. The maximum atomic E-state index is 14.2. The topological polar surface area (TPSA) is 112 Å². The molecule has 2 aromatic carbocycles. The van der Waals surface area contributed by atoms with Crippen molar-refractivity contribution in [2.24, 2.45) is 10.9 Å². The van der Waals surface area contributed by atoms with Gasteiger partial charge in [0.05, 0.1) is 24.4 Å². The Labute approximate surface area is 234 Å². The fraction of sp³-hybridized carbons (Fsp3) is 0.364. The Morgan fingerprint density at radius 2 is 1.75 bits per heavy atom. The van der Waals surface area contributed by atoms with Crippen LogP contribution in [0.5, 0.6) is 17.2 Å². The first-order valence-electron chi connectivity index (χ1n) is 13.8.